The average molecular weight is 385 g/mol. The van der Waals surface area contributed by atoms with Crippen molar-refractivity contribution in [2.24, 2.45) is 5.73 Å². The number of fused-ring (bicyclic) bond motifs is 1. The van der Waals surface area contributed by atoms with Crippen LogP contribution in [0.4, 0.5) is 0 Å². The zero-order chi connectivity index (χ0) is 20.1. The SMILES string of the molecule is COc1cc(C(=O)OCc2cn3ccccc3n2)cc(OC)c1OCC(N)=O. The second-order valence-electron chi connectivity index (χ2n) is 5.74. The molecule has 0 bridgehead atoms. The normalized spacial score (nSPS) is 10.5. The highest BCUT2D eigenvalue weighted by atomic mass is 16.5. The molecule has 2 N–H and O–H groups in total. The summed E-state index contributed by atoms with van der Waals surface area (Å²) in [6.45, 7) is -0.352. The molecule has 0 spiro atoms. The topological polar surface area (TPSA) is 114 Å². The Bertz CT molecular complexity index is 956. The third-order valence-corrected chi connectivity index (χ3v) is 3.82. The molecule has 28 heavy (non-hydrogen) atoms. The summed E-state index contributed by atoms with van der Waals surface area (Å²) in [5, 5.41) is 0. The summed E-state index contributed by atoms with van der Waals surface area (Å²) in [4.78, 5) is 27.8. The maximum Gasteiger partial charge on any atom is 0.338 e. The van der Waals surface area contributed by atoms with Gasteiger partial charge in [0.2, 0.25) is 5.75 Å². The Labute approximate surface area is 160 Å². The van der Waals surface area contributed by atoms with Crippen LogP contribution in [0.2, 0.25) is 0 Å². The van der Waals surface area contributed by atoms with E-state index in [2.05, 4.69) is 4.98 Å². The van der Waals surface area contributed by atoms with Crippen LogP contribution in [0.5, 0.6) is 17.2 Å². The molecule has 0 aliphatic heterocycles. The molecule has 0 radical (unpaired) electrons. The van der Waals surface area contributed by atoms with Crippen LogP contribution in [0, 0.1) is 0 Å². The lowest BCUT2D eigenvalue weighted by Crippen LogP contribution is -2.20. The molecular weight excluding hydrogens is 366 g/mol. The first-order chi connectivity index (χ1) is 13.5. The van der Waals surface area contributed by atoms with E-state index in [1.54, 1.807) is 6.20 Å². The molecule has 0 saturated heterocycles. The first-order valence-electron chi connectivity index (χ1n) is 8.28. The van der Waals surface area contributed by atoms with E-state index in [4.69, 9.17) is 24.7 Å². The van der Waals surface area contributed by atoms with Gasteiger partial charge in [0.1, 0.15) is 12.3 Å². The Morgan fingerprint density at radius 3 is 2.46 bits per heavy atom. The number of nitrogens with two attached hydrogens (primary N) is 1. The van der Waals surface area contributed by atoms with Crippen molar-refractivity contribution in [2.75, 3.05) is 20.8 Å². The highest BCUT2D eigenvalue weighted by molar-refractivity contribution is 5.91. The molecule has 9 nitrogen and oxygen atoms in total. The quantitative estimate of drug-likeness (QED) is 0.585. The molecule has 146 valence electrons. The zero-order valence-electron chi connectivity index (χ0n) is 15.4. The molecule has 0 aliphatic carbocycles. The Balaban J connectivity index is 1.77. The molecule has 0 fully saturated rings. The van der Waals surface area contributed by atoms with Crippen molar-refractivity contribution < 1.29 is 28.5 Å². The number of nitrogens with zero attached hydrogens (tertiary/aromatic N) is 2. The van der Waals surface area contributed by atoms with Crippen molar-refractivity contribution in [3.63, 3.8) is 0 Å². The van der Waals surface area contributed by atoms with Crippen LogP contribution in [0.15, 0.2) is 42.7 Å². The van der Waals surface area contributed by atoms with Gasteiger partial charge in [-0.15, -0.1) is 0 Å². The van der Waals surface area contributed by atoms with Gasteiger partial charge in [-0.1, -0.05) is 6.07 Å². The summed E-state index contributed by atoms with van der Waals surface area (Å²) in [5.41, 5.74) is 6.66. The van der Waals surface area contributed by atoms with Gasteiger partial charge in [0.05, 0.1) is 25.5 Å². The van der Waals surface area contributed by atoms with Crippen LogP contribution in [-0.2, 0) is 16.1 Å². The van der Waals surface area contributed by atoms with E-state index in [1.807, 2.05) is 28.8 Å². The Morgan fingerprint density at radius 1 is 1.14 bits per heavy atom. The van der Waals surface area contributed by atoms with Gasteiger partial charge in [-0.2, -0.15) is 0 Å². The van der Waals surface area contributed by atoms with E-state index in [1.165, 1.54) is 26.4 Å². The number of ether oxygens (including phenoxy) is 4. The maximum absolute atomic E-state index is 12.5. The number of amides is 1. The second kappa shape index (κ2) is 8.30. The molecule has 1 aromatic carbocycles. The standard InChI is InChI=1S/C19H19N3O6/c1-25-14-7-12(8-15(26-2)18(14)27-11-16(20)23)19(24)28-10-13-9-22-6-4-3-5-17(22)21-13/h3-9H,10-11H2,1-2H3,(H2,20,23). The Kier molecular flexibility index (Phi) is 5.64. The summed E-state index contributed by atoms with van der Waals surface area (Å²) in [7, 11) is 2.80. The molecule has 1 amide bonds. The fourth-order valence-electron chi connectivity index (χ4n) is 2.56. The van der Waals surface area contributed by atoms with Crippen molar-refractivity contribution >= 4 is 17.5 Å². The van der Waals surface area contributed by atoms with Crippen molar-refractivity contribution in [3.05, 3.63) is 54.0 Å². The van der Waals surface area contributed by atoms with E-state index < -0.39 is 11.9 Å². The average Bonchev–Trinajstić information content (AvgIpc) is 3.12. The number of pyridine rings is 1. The molecule has 0 atom stereocenters. The van der Waals surface area contributed by atoms with E-state index in [0.29, 0.717) is 5.69 Å². The van der Waals surface area contributed by atoms with Crippen LogP contribution in [0.1, 0.15) is 16.1 Å². The number of carbonyl (C=O) groups excluding carboxylic acids is 2. The lowest BCUT2D eigenvalue weighted by Gasteiger charge is -2.15. The van der Waals surface area contributed by atoms with Gasteiger partial charge in [0.15, 0.2) is 18.1 Å². The largest absolute Gasteiger partial charge is 0.493 e. The molecule has 2 heterocycles. The van der Waals surface area contributed by atoms with E-state index in [-0.39, 0.29) is 36.0 Å². The molecule has 0 aliphatic rings. The zero-order valence-corrected chi connectivity index (χ0v) is 15.4. The van der Waals surface area contributed by atoms with Crippen LogP contribution >= 0.6 is 0 Å². The smallest absolute Gasteiger partial charge is 0.338 e. The monoisotopic (exact) mass is 385 g/mol. The van der Waals surface area contributed by atoms with Crippen molar-refractivity contribution in [1.82, 2.24) is 9.38 Å². The van der Waals surface area contributed by atoms with Crippen molar-refractivity contribution in [2.45, 2.75) is 6.61 Å². The lowest BCUT2D eigenvalue weighted by molar-refractivity contribution is -0.120. The summed E-state index contributed by atoms with van der Waals surface area (Å²) >= 11 is 0. The van der Waals surface area contributed by atoms with Gasteiger partial charge < -0.3 is 29.1 Å². The molecule has 0 unspecified atom stereocenters. The van der Waals surface area contributed by atoms with Crippen LogP contribution in [-0.4, -0.2) is 42.1 Å². The number of aromatic nitrogens is 2. The molecule has 3 aromatic rings. The van der Waals surface area contributed by atoms with E-state index in [0.717, 1.165) is 5.65 Å². The first-order valence-corrected chi connectivity index (χ1v) is 8.28. The van der Waals surface area contributed by atoms with E-state index >= 15 is 0 Å². The van der Waals surface area contributed by atoms with Gasteiger partial charge in [0, 0.05) is 12.4 Å². The number of carbonyl (C=O) groups is 2. The summed E-state index contributed by atoms with van der Waals surface area (Å²) in [6.07, 6.45) is 3.64. The summed E-state index contributed by atoms with van der Waals surface area (Å²) in [5.74, 6) is -0.656. The molecule has 2 aromatic heterocycles. The highest BCUT2D eigenvalue weighted by Crippen LogP contribution is 2.38. The summed E-state index contributed by atoms with van der Waals surface area (Å²) < 4.78 is 23.0. The second-order valence-corrected chi connectivity index (χ2v) is 5.74. The number of primary amides is 1. The maximum atomic E-state index is 12.5. The summed E-state index contributed by atoms with van der Waals surface area (Å²) in [6, 6.07) is 8.48. The van der Waals surface area contributed by atoms with Gasteiger partial charge in [-0.05, 0) is 24.3 Å². The fraction of sp³-hybridized carbons (Fsp3) is 0.211. The van der Waals surface area contributed by atoms with Gasteiger partial charge in [0.25, 0.3) is 5.91 Å². The number of benzene rings is 1. The van der Waals surface area contributed by atoms with Crippen LogP contribution in [0.3, 0.4) is 0 Å². The number of esters is 1. The fourth-order valence-corrected chi connectivity index (χ4v) is 2.56. The van der Waals surface area contributed by atoms with E-state index in [9.17, 15) is 9.59 Å². The first kappa shape index (κ1) is 19.0. The van der Waals surface area contributed by atoms with Crippen LogP contribution < -0.4 is 19.9 Å². The number of hydrogen-bond acceptors (Lipinski definition) is 7. The van der Waals surface area contributed by atoms with Crippen molar-refractivity contribution in [3.8, 4) is 17.2 Å². The predicted molar refractivity (Wildman–Crippen MR) is 98.5 cm³/mol. The van der Waals surface area contributed by atoms with Gasteiger partial charge in [-0.25, -0.2) is 9.78 Å². The number of rotatable bonds is 8. The third kappa shape index (κ3) is 4.14. The molecule has 3 rings (SSSR count). The Hall–Kier alpha value is -3.75. The number of imidazole rings is 1. The Morgan fingerprint density at radius 2 is 1.86 bits per heavy atom. The van der Waals surface area contributed by atoms with Gasteiger partial charge >= 0.3 is 5.97 Å². The van der Waals surface area contributed by atoms with Crippen molar-refractivity contribution in [1.29, 1.82) is 0 Å². The predicted octanol–water partition coefficient (Wildman–Crippen LogP) is 1.57. The van der Waals surface area contributed by atoms with Gasteiger partial charge in [-0.3, -0.25) is 4.79 Å². The highest BCUT2D eigenvalue weighted by Gasteiger charge is 2.19. The minimum atomic E-state index is -0.653. The lowest BCUT2D eigenvalue weighted by atomic mass is 10.2. The minimum absolute atomic E-state index is 0.00503. The molecule has 0 saturated carbocycles. The molecular formula is C19H19N3O6. The minimum Gasteiger partial charge on any atom is -0.493 e. The number of hydrogen-bond donors (Lipinski definition) is 1. The third-order valence-electron chi connectivity index (χ3n) is 3.82. The molecule has 9 heteroatoms. The van der Waals surface area contributed by atoms with Crippen LogP contribution in [0.25, 0.3) is 5.65 Å². The number of methoxy groups -OCH3 is 2.